The van der Waals surface area contributed by atoms with Crippen LogP contribution in [-0.4, -0.2) is 42.0 Å². The highest BCUT2D eigenvalue weighted by atomic mass is 16.2. The SMILES string of the molecule is O=C(C1CCCC1)N1CCN(c2ccc(=O)[nH]c2)CC1. The van der Waals surface area contributed by atoms with Gasteiger partial charge in [-0.3, -0.25) is 9.59 Å². The van der Waals surface area contributed by atoms with Gasteiger partial charge in [0.25, 0.3) is 0 Å². The largest absolute Gasteiger partial charge is 0.367 e. The number of piperazine rings is 1. The third kappa shape index (κ3) is 2.71. The van der Waals surface area contributed by atoms with Crippen LogP contribution in [0.5, 0.6) is 0 Å². The molecule has 2 heterocycles. The van der Waals surface area contributed by atoms with Crippen molar-refractivity contribution in [2.75, 3.05) is 31.1 Å². The number of carbonyl (C=O) groups is 1. The van der Waals surface area contributed by atoms with Crippen LogP contribution in [0.1, 0.15) is 25.7 Å². The van der Waals surface area contributed by atoms with Crippen LogP contribution in [0.3, 0.4) is 0 Å². The highest BCUT2D eigenvalue weighted by Gasteiger charge is 2.29. The number of nitrogens with zero attached hydrogens (tertiary/aromatic N) is 2. The van der Waals surface area contributed by atoms with E-state index in [0.29, 0.717) is 5.91 Å². The number of carbonyl (C=O) groups excluding carboxylic acids is 1. The Balaban J connectivity index is 1.57. The van der Waals surface area contributed by atoms with Gasteiger partial charge in [0.2, 0.25) is 11.5 Å². The van der Waals surface area contributed by atoms with Gasteiger partial charge < -0.3 is 14.8 Å². The van der Waals surface area contributed by atoms with E-state index in [4.69, 9.17) is 0 Å². The Bertz CT molecular complexity index is 506. The van der Waals surface area contributed by atoms with E-state index in [0.717, 1.165) is 44.7 Å². The van der Waals surface area contributed by atoms with Crippen molar-refractivity contribution in [1.29, 1.82) is 0 Å². The fourth-order valence-corrected chi connectivity index (χ4v) is 3.22. The van der Waals surface area contributed by atoms with Crippen LogP contribution in [0.2, 0.25) is 0 Å². The number of hydrogen-bond donors (Lipinski definition) is 1. The maximum absolute atomic E-state index is 12.3. The molecule has 1 amide bonds. The molecule has 1 aliphatic carbocycles. The Morgan fingerprint density at radius 3 is 2.40 bits per heavy atom. The van der Waals surface area contributed by atoms with Crippen molar-refractivity contribution in [2.24, 2.45) is 5.92 Å². The summed E-state index contributed by atoms with van der Waals surface area (Å²) in [5.41, 5.74) is 0.946. The molecular formula is C15H21N3O2. The third-order valence-electron chi connectivity index (χ3n) is 4.43. The number of hydrogen-bond acceptors (Lipinski definition) is 3. The van der Waals surface area contributed by atoms with Crippen molar-refractivity contribution in [1.82, 2.24) is 9.88 Å². The predicted octanol–water partition coefficient (Wildman–Crippen LogP) is 1.21. The molecule has 1 saturated carbocycles. The summed E-state index contributed by atoms with van der Waals surface area (Å²) in [6, 6.07) is 3.39. The highest BCUT2D eigenvalue weighted by Crippen LogP contribution is 2.27. The van der Waals surface area contributed by atoms with Crippen LogP contribution < -0.4 is 10.5 Å². The van der Waals surface area contributed by atoms with E-state index in [9.17, 15) is 9.59 Å². The molecule has 2 aliphatic rings. The van der Waals surface area contributed by atoms with Gasteiger partial charge >= 0.3 is 0 Å². The lowest BCUT2D eigenvalue weighted by Crippen LogP contribution is -2.50. The van der Waals surface area contributed by atoms with Crippen LogP contribution in [0.4, 0.5) is 5.69 Å². The normalized spacial score (nSPS) is 20.4. The van der Waals surface area contributed by atoms with Crippen molar-refractivity contribution in [2.45, 2.75) is 25.7 Å². The molecule has 20 heavy (non-hydrogen) atoms. The van der Waals surface area contributed by atoms with Crippen LogP contribution in [0.25, 0.3) is 0 Å². The van der Waals surface area contributed by atoms with Crippen molar-refractivity contribution in [3.05, 3.63) is 28.7 Å². The maximum atomic E-state index is 12.3. The minimum absolute atomic E-state index is 0.0798. The number of anilines is 1. The molecule has 1 aromatic rings. The van der Waals surface area contributed by atoms with Gasteiger partial charge in [0.15, 0.2) is 0 Å². The molecule has 1 saturated heterocycles. The average molecular weight is 275 g/mol. The summed E-state index contributed by atoms with van der Waals surface area (Å²) in [6.45, 7) is 3.25. The first kappa shape index (κ1) is 13.2. The zero-order valence-corrected chi connectivity index (χ0v) is 11.7. The van der Waals surface area contributed by atoms with Gasteiger partial charge in [0.05, 0.1) is 5.69 Å². The minimum atomic E-state index is -0.0798. The quantitative estimate of drug-likeness (QED) is 0.882. The first-order valence-corrected chi connectivity index (χ1v) is 7.46. The first-order valence-electron chi connectivity index (χ1n) is 7.46. The number of aromatic nitrogens is 1. The van der Waals surface area contributed by atoms with Gasteiger partial charge in [-0.2, -0.15) is 0 Å². The standard InChI is InChI=1S/C15H21N3O2/c19-14-6-5-13(11-16-14)17-7-9-18(10-8-17)15(20)12-3-1-2-4-12/h5-6,11-12H,1-4,7-10H2,(H,16,19). The molecule has 0 bridgehead atoms. The van der Waals surface area contributed by atoms with E-state index < -0.39 is 0 Å². The lowest BCUT2D eigenvalue weighted by molar-refractivity contribution is -0.135. The van der Waals surface area contributed by atoms with Gasteiger partial charge in [-0.15, -0.1) is 0 Å². The summed E-state index contributed by atoms with van der Waals surface area (Å²) < 4.78 is 0. The van der Waals surface area contributed by atoms with E-state index in [1.807, 2.05) is 11.0 Å². The third-order valence-corrected chi connectivity index (χ3v) is 4.43. The van der Waals surface area contributed by atoms with Crippen molar-refractivity contribution in [3.63, 3.8) is 0 Å². The Morgan fingerprint density at radius 1 is 1.10 bits per heavy atom. The number of pyridine rings is 1. The molecule has 5 heteroatoms. The molecule has 1 aliphatic heterocycles. The van der Waals surface area contributed by atoms with Crippen LogP contribution in [-0.2, 0) is 4.79 Å². The summed E-state index contributed by atoms with van der Waals surface area (Å²) in [5, 5.41) is 0. The van der Waals surface area contributed by atoms with Crippen LogP contribution in [0.15, 0.2) is 23.1 Å². The lowest BCUT2D eigenvalue weighted by Gasteiger charge is -2.37. The molecule has 2 fully saturated rings. The Hall–Kier alpha value is -1.78. The maximum Gasteiger partial charge on any atom is 0.248 e. The molecule has 108 valence electrons. The van der Waals surface area contributed by atoms with Crippen molar-refractivity contribution in [3.8, 4) is 0 Å². The van der Waals surface area contributed by atoms with E-state index in [2.05, 4.69) is 9.88 Å². The van der Waals surface area contributed by atoms with Gasteiger partial charge in [-0.25, -0.2) is 0 Å². The Kier molecular flexibility index (Phi) is 3.76. The van der Waals surface area contributed by atoms with E-state index in [-0.39, 0.29) is 11.5 Å². The molecule has 1 N–H and O–H groups in total. The summed E-state index contributed by atoms with van der Waals surface area (Å²) in [7, 11) is 0. The first-order chi connectivity index (χ1) is 9.74. The molecule has 1 aromatic heterocycles. The number of amides is 1. The minimum Gasteiger partial charge on any atom is -0.367 e. The fourth-order valence-electron chi connectivity index (χ4n) is 3.22. The monoisotopic (exact) mass is 275 g/mol. The highest BCUT2D eigenvalue weighted by molar-refractivity contribution is 5.79. The summed E-state index contributed by atoms with van der Waals surface area (Å²) in [5.74, 6) is 0.623. The zero-order chi connectivity index (χ0) is 13.9. The van der Waals surface area contributed by atoms with Crippen molar-refractivity contribution < 1.29 is 4.79 Å². The lowest BCUT2D eigenvalue weighted by atomic mass is 10.1. The topological polar surface area (TPSA) is 56.4 Å². The van der Waals surface area contributed by atoms with Crippen molar-refractivity contribution >= 4 is 11.6 Å². The summed E-state index contributed by atoms with van der Waals surface area (Å²) >= 11 is 0. The van der Waals surface area contributed by atoms with E-state index in [1.165, 1.54) is 12.8 Å². The van der Waals surface area contributed by atoms with E-state index >= 15 is 0 Å². The second-order valence-electron chi connectivity index (χ2n) is 5.70. The molecule has 0 aromatic carbocycles. The van der Waals surface area contributed by atoms with Gasteiger partial charge in [0.1, 0.15) is 0 Å². The molecule has 0 unspecified atom stereocenters. The number of rotatable bonds is 2. The number of nitrogens with one attached hydrogen (secondary N) is 1. The number of H-pyrrole nitrogens is 1. The molecule has 5 nitrogen and oxygen atoms in total. The zero-order valence-electron chi connectivity index (χ0n) is 11.7. The summed E-state index contributed by atoms with van der Waals surface area (Å²) in [6.07, 6.45) is 6.29. The van der Waals surface area contributed by atoms with Gasteiger partial charge in [-0.1, -0.05) is 12.8 Å². The molecule has 0 spiro atoms. The van der Waals surface area contributed by atoms with Gasteiger partial charge in [0, 0.05) is 44.4 Å². The fraction of sp³-hybridized carbons (Fsp3) is 0.600. The predicted molar refractivity (Wildman–Crippen MR) is 77.8 cm³/mol. The second-order valence-corrected chi connectivity index (χ2v) is 5.70. The second kappa shape index (κ2) is 5.69. The Labute approximate surface area is 118 Å². The van der Waals surface area contributed by atoms with Gasteiger partial charge in [-0.05, 0) is 18.9 Å². The van der Waals surface area contributed by atoms with Crippen LogP contribution in [0, 0.1) is 5.92 Å². The van der Waals surface area contributed by atoms with Crippen LogP contribution >= 0.6 is 0 Å². The molecular weight excluding hydrogens is 254 g/mol. The molecule has 0 atom stereocenters. The Morgan fingerprint density at radius 2 is 1.80 bits per heavy atom. The average Bonchev–Trinajstić information content (AvgIpc) is 3.02. The molecule has 0 radical (unpaired) electrons. The molecule has 3 rings (SSSR count). The number of aromatic amines is 1. The summed E-state index contributed by atoms with van der Waals surface area (Å²) in [4.78, 5) is 30.3. The smallest absolute Gasteiger partial charge is 0.248 e. The van der Waals surface area contributed by atoms with E-state index in [1.54, 1.807) is 12.3 Å².